The number of carbonyl (C=O) groups excluding carboxylic acids is 4. The van der Waals surface area contributed by atoms with Gasteiger partial charge in [-0.1, -0.05) is 71.2 Å². The molecule has 6 atom stereocenters. The third-order valence-electron chi connectivity index (χ3n) is 10.4. The van der Waals surface area contributed by atoms with Crippen LogP contribution in [0.2, 0.25) is 10.0 Å². The maximum Gasteiger partial charge on any atom is 0.246 e. The van der Waals surface area contributed by atoms with Crippen LogP contribution in [0.25, 0.3) is 0 Å². The summed E-state index contributed by atoms with van der Waals surface area (Å²) in [6, 6.07) is 25.8. The number of allylic oxidation sites excluding steroid dienone is 2. The lowest BCUT2D eigenvalue weighted by atomic mass is 9.50. The fourth-order valence-electron chi connectivity index (χ4n) is 8.53. The van der Waals surface area contributed by atoms with E-state index in [1.165, 1.54) is 9.80 Å². The maximum atomic E-state index is 15.1. The Kier molecular flexibility index (Phi) is 7.02. The molecule has 8 rings (SSSR count). The minimum Gasteiger partial charge on any atom is -0.463 e. The van der Waals surface area contributed by atoms with Gasteiger partial charge in [0.05, 0.1) is 35.0 Å². The van der Waals surface area contributed by atoms with Gasteiger partial charge >= 0.3 is 0 Å². The standard InChI is InChI=1S/C37H28Cl2N2O6/c38-21-9-11-23(12-10-21)40-33(43)27-15-14-26-28(31(27)35(40)45)18-29-34(44)41(24-8-4-7-22(39)17-24)36(46)37(29,20-5-2-1-3-6-20)32(26)30-16-13-25(19-42)47-30/h1-14,16-17,27-29,31-32,42H,15,18-19H2. The topological polar surface area (TPSA) is 108 Å². The Morgan fingerprint density at radius 1 is 0.766 bits per heavy atom. The highest BCUT2D eigenvalue weighted by atomic mass is 35.5. The molecule has 10 heteroatoms. The Hall–Kier alpha value is -4.50. The monoisotopic (exact) mass is 666 g/mol. The molecule has 47 heavy (non-hydrogen) atoms. The number of aliphatic hydroxyl groups excluding tert-OH is 1. The fourth-order valence-corrected chi connectivity index (χ4v) is 8.84. The van der Waals surface area contributed by atoms with E-state index in [-0.39, 0.29) is 31.3 Å². The number of amides is 4. The molecule has 1 N–H and O–H groups in total. The van der Waals surface area contributed by atoms with Crippen LogP contribution in [0.15, 0.2) is 107 Å². The molecule has 1 aromatic heterocycles. The number of nitrogens with zero attached hydrogens (tertiary/aromatic N) is 2. The molecule has 3 fully saturated rings. The summed E-state index contributed by atoms with van der Waals surface area (Å²) in [7, 11) is 0. The first-order chi connectivity index (χ1) is 22.7. The third-order valence-corrected chi connectivity index (χ3v) is 10.9. The van der Waals surface area contributed by atoms with Gasteiger partial charge in [0.15, 0.2) is 0 Å². The van der Waals surface area contributed by atoms with Gasteiger partial charge in [-0.3, -0.25) is 24.1 Å². The van der Waals surface area contributed by atoms with Crippen LogP contribution in [0.5, 0.6) is 0 Å². The summed E-state index contributed by atoms with van der Waals surface area (Å²) in [6.45, 7) is -0.355. The first kappa shape index (κ1) is 29.9. The molecular formula is C37H28Cl2N2O6. The number of carbonyl (C=O) groups is 4. The van der Waals surface area contributed by atoms with E-state index >= 15 is 4.79 Å². The van der Waals surface area contributed by atoms with Gasteiger partial charge in [0.25, 0.3) is 0 Å². The number of anilines is 2. The lowest BCUT2D eigenvalue weighted by Crippen LogP contribution is -2.53. The molecule has 236 valence electrons. The predicted octanol–water partition coefficient (Wildman–Crippen LogP) is 6.45. The first-order valence-corrected chi connectivity index (χ1v) is 16.2. The molecule has 2 aliphatic carbocycles. The average molecular weight is 668 g/mol. The average Bonchev–Trinajstić information content (AvgIpc) is 3.72. The van der Waals surface area contributed by atoms with Gasteiger partial charge in [-0.05, 0) is 78.9 Å². The van der Waals surface area contributed by atoms with Crippen molar-refractivity contribution in [3.05, 3.63) is 130 Å². The van der Waals surface area contributed by atoms with E-state index in [1.807, 2.05) is 36.4 Å². The van der Waals surface area contributed by atoms with Crippen LogP contribution >= 0.6 is 23.2 Å². The van der Waals surface area contributed by atoms with Crippen molar-refractivity contribution in [3.63, 3.8) is 0 Å². The van der Waals surface area contributed by atoms with Crippen molar-refractivity contribution in [3.8, 4) is 0 Å². The highest BCUT2D eigenvalue weighted by molar-refractivity contribution is 6.32. The van der Waals surface area contributed by atoms with Crippen LogP contribution < -0.4 is 9.80 Å². The molecule has 4 aliphatic rings. The van der Waals surface area contributed by atoms with Gasteiger partial charge in [-0.2, -0.15) is 0 Å². The van der Waals surface area contributed by atoms with Gasteiger partial charge in [-0.25, -0.2) is 4.90 Å². The normalized spacial score (nSPS) is 28.3. The van der Waals surface area contributed by atoms with Gasteiger partial charge in [-0.15, -0.1) is 0 Å². The molecule has 0 bridgehead atoms. The third kappa shape index (κ3) is 4.25. The van der Waals surface area contributed by atoms with Crippen LogP contribution in [0, 0.1) is 23.7 Å². The summed E-state index contributed by atoms with van der Waals surface area (Å²) in [5.74, 6) is -4.39. The highest BCUT2D eigenvalue weighted by Crippen LogP contribution is 2.64. The summed E-state index contributed by atoms with van der Waals surface area (Å²) >= 11 is 12.5. The second-order valence-corrected chi connectivity index (χ2v) is 13.4. The number of halogens is 2. The van der Waals surface area contributed by atoms with Crippen molar-refractivity contribution in [2.75, 3.05) is 9.80 Å². The molecule has 3 aromatic carbocycles. The van der Waals surface area contributed by atoms with Crippen molar-refractivity contribution < 1.29 is 28.7 Å². The largest absolute Gasteiger partial charge is 0.463 e. The number of furan rings is 1. The van der Waals surface area contributed by atoms with Crippen molar-refractivity contribution in [1.29, 1.82) is 0 Å². The quantitative estimate of drug-likeness (QED) is 0.194. The van der Waals surface area contributed by atoms with E-state index in [2.05, 4.69) is 0 Å². The SMILES string of the molecule is O=C1C2CC=C3C(CC4C(=O)N(c5cccc(Cl)c5)C(=O)C4(c4ccccc4)C3c3ccc(CO)o3)C2C(=O)N1c1ccc(Cl)cc1. The van der Waals surface area contributed by atoms with E-state index < -0.39 is 46.8 Å². The van der Waals surface area contributed by atoms with E-state index in [1.54, 1.807) is 60.7 Å². The van der Waals surface area contributed by atoms with E-state index in [0.29, 0.717) is 38.5 Å². The van der Waals surface area contributed by atoms with Crippen LogP contribution in [0.4, 0.5) is 11.4 Å². The summed E-state index contributed by atoms with van der Waals surface area (Å²) in [6.07, 6.45) is 2.42. The molecule has 4 aromatic rings. The van der Waals surface area contributed by atoms with Crippen LogP contribution in [0.1, 0.15) is 35.8 Å². The Bertz CT molecular complexity index is 1990. The smallest absolute Gasteiger partial charge is 0.246 e. The molecule has 4 amide bonds. The number of aliphatic hydroxyl groups is 1. The molecule has 0 spiro atoms. The lowest BCUT2D eigenvalue weighted by molar-refractivity contribution is -0.127. The van der Waals surface area contributed by atoms with Crippen LogP contribution in [0.3, 0.4) is 0 Å². The van der Waals surface area contributed by atoms with Gasteiger partial charge in [0, 0.05) is 10.0 Å². The van der Waals surface area contributed by atoms with Crippen LogP contribution in [-0.2, 0) is 31.2 Å². The number of hydrogen-bond donors (Lipinski definition) is 1. The van der Waals surface area contributed by atoms with Gasteiger partial charge < -0.3 is 9.52 Å². The summed E-state index contributed by atoms with van der Waals surface area (Å²) < 4.78 is 6.21. The Morgan fingerprint density at radius 3 is 2.23 bits per heavy atom. The number of benzene rings is 3. The number of imide groups is 2. The minimum absolute atomic E-state index is 0.168. The second-order valence-electron chi connectivity index (χ2n) is 12.5. The molecule has 2 saturated heterocycles. The molecule has 8 nitrogen and oxygen atoms in total. The molecule has 2 aliphatic heterocycles. The van der Waals surface area contributed by atoms with Crippen molar-refractivity contribution in [1.82, 2.24) is 0 Å². The molecular weight excluding hydrogens is 639 g/mol. The van der Waals surface area contributed by atoms with E-state index in [4.69, 9.17) is 27.6 Å². The first-order valence-electron chi connectivity index (χ1n) is 15.5. The maximum absolute atomic E-state index is 15.1. The zero-order valence-electron chi connectivity index (χ0n) is 24.9. The van der Waals surface area contributed by atoms with Crippen molar-refractivity contribution in [2.24, 2.45) is 23.7 Å². The Balaban J connectivity index is 1.34. The number of hydrogen-bond acceptors (Lipinski definition) is 6. The molecule has 0 radical (unpaired) electrons. The second kappa shape index (κ2) is 11.0. The summed E-state index contributed by atoms with van der Waals surface area (Å²) in [5.41, 5.74) is 0.755. The summed E-state index contributed by atoms with van der Waals surface area (Å²) in [5, 5.41) is 10.8. The zero-order valence-corrected chi connectivity index (χ0v) is 26.4. The predicted molar refractivity (Wildman–Crippen MR) is 175 cm³/mol. The van der Waals surface area contributed by atoms with Crippen LogP contribution in [-0.4, -0.2) is 28.7 Å². The zero-order chi connectivity index (χ0) is 32.6. The number of rotatable bonds is 5. The Morgan fingerprint density at radius 2 is 1.53 bits per heavy atom. The van der Waals surface area contributed by atoms with Gasteiger partial charge in [0.2, 0.25) is 23.6 Å². The number of fused-ring (bicyclic) bond motifs is 4. The molecule has 1 saturated carbocycles. The van der Waals surface area contributed by atoms with E-state index in [9.17, 15) is 19.5 Å². The highest BCUT2D eigenvalue weighted by Gasteiger charge is 2.71. The van der Waals surface area contributed by atoms with Crippen molar-refractivity contribution in [2.45, 2.75) is 30.8 Å². The minimum atomic E-state index is -1.44. The lowest BCUT2D eigenvalue weighted by Gasteiger charge is -2.49. The Labute approximate surface area is 280 Å². The molecule has 3 heterocycles. The van der Waals surface area contributed by atoms with Crippen molar-refractivity contribution >= 4 is 58.2 Å². The van der Waals surface area contributed by atoms with Gasteiger partial charge in [0.1, 0.15) is 23.5 Å². The summed E-state index contributed by atoms with van der Waals surface area (Å²) in [4.78, 5) is 60.4. The fraction of sp³-hybridized carbons (Fsp3) is 0.243. The molecule has 6 unspecified atom stereocenters. The van der Waals surface area contributed by atoms with E-state index in [0.717, 1.165) is 5.57 Å².